The molecule has 160 valence electrons. The molecule has 0 atom stereocenters. The van der Waals surface area contributed by atoms with Gasteiger partial charge in [-0.15, -0.1) is 0 Å². The molecule has 0 bridgehead atoms. The summed E-state index contributed by atoms with van der Waals surface area (Å²) in [5.41, 5.74) is 3.44. The molecular formula is C25H24ClNO4. The largest absolute Gasteiger partial charge is 0.482 e. The van der Waals surface area contributed by atoms with Crippen LogP contribution in [0.4, 0.5) is 5.69 Å². The Kier molecular flexibility index (Phi) is 7.32. The number of benzene rings is 3. The summed E-state index contributed by atoms with van der Waals surface area (Å²) in [6.45, 7) is 6.07. The normalized spacial score (nSPS) is 10.6. The molecule has 31 heavy (non-hydrogen) atoms. The molecule has 3 rings (SSSR count). The van der Waals surface area contributed by atoms with Gasteiger partial charge in [-0.05, 0) is 84.6 Å². The quantitative estimate of drug-likeness (QED) is 0.363. The highest BCUT2D eigenvalue weighted by Crippen LogP contribution is 2.23. The van der Waals surface area contributed by atoms with Crippen molar-refractivity contribution in [2.75, 3.05) is 11.9 Å². The first kappa shape index (κ1) is 22.4. The minimum absolute atomic E-state index is 0.209. The number of hydrogen-bond acceptors (Lipinski definition) is 4. The summed E-state index contributed by atoms with van der Waals surface area (Å²) in [6.07, 6.45) is 0. The molecule has 0 spiro atoms. The summed E-state index contributed by atoms with van der Waals surface area (Å²) in [5, 5.41) is 3.37. The van der Waals surface area contributed by atoms with Crippen LogP contribution in [0.5, 0.6) is 11.5 Å². The van der Waals surface area contributed by atoms with Crippen molar-refractivity contribution in [3.63, 3.8) is 0 Å². The Hall–Kier alpha value is -3.31. The van der Waals surface area contributed by atoms with Crippen LogP contribution in [0.2, 0.25) is 5.02 Å². The van der Waals surface area contributed by atoms with Gasteiger partial charge in [0.15, 0.2) is 6.61 Å². The number of hydrogen-bond donors (Lipinski definition) is 1. The lowest BCUT2D eigenvalue weighted by molar-refractivity contribution is -0.136. The van der Waals surface area contributed by atoms with Gasteiger partial charge in [0, 0.05) is 16.3 Å². The summed E-state index contributed by atoms with van der Waals surface area (Å²) < 4.78 is 10.8. The molecule has 3 aromatic rings. The second kappa shape index (κ2) is 10.1. The average Bonchev–Trinajstić information content (AvgIpc) is 2.74. The Morgan fingerprint density at radius 2 is 1.58 bits per heavy atom. The summed E-state index contributed by atoms with van der Waals surface area (Å²) >= 11 is 5.84. The molecule has 0 unspecified atom stereocenters. The van der Waals surface area contributed by atoms with Crippen LogP contribution in [-0.2, 0) is 4.79 Å². The van der Waals surface area contributed by atoms with Crippen LogP contribution in [0.25, 0.3) is 0 Å². The number of carbonyl (C=O) groups is 2. The van der Waals surface area contributed by atoms with E-state index in [-0.39, 0.29) is 12.5 Å². The highest BCUT2D eigenvalue weighted by molar-refractivity contribution is 6.30. The lowest BCUT2D eigenvalue weighted by Gasteiger charge is -2.12. The Balaban J connectivity index is 1.52. The van der Waals surface area contributed by atoms with Crippen molar-refractivity contribution >= 4 is 29.2 Å². The average molecular weight is 438 g/mol. The molecule has 0 aromatic heterocycles. The van der Waals surface area contributed by atoms with E-state index in [4.69, 9.17) is 21.1 Å². The van der Waals surface area contributed by atoms with E-state index >= 15 is 0 Å². The van der Waals surface area contributed by atoms with Gasteiger partial charge in [0.05, 0.1) is 0 Å². The zero-order chi connectivity index (χ0) is 22.4. The Bertz CT molecular complexity index is 1060. The summed E-state index contributed by atoms with van der Waals surface area (Å²) in [5.74, 6) is 0.582. The van der Waals surface area contributed by atoms with E-state index in [0.717, 1.165) is 5.56 Å². The number of amides is 1. The third kappa shape index (κ3) is 6.33. The monoisotopic (exact) mass is 437 g/mol. The molecule has 1 N–H and O–H groups in total. The molecule has 0 saturated carbocycles. The van der Waals surface area contributed by atoms with Crippen molar-refractivity contribution in [2.45, 2.75) is 26.7 Å². The topological polar surface area (TPSA) is 64.6 Å². The van der Waals surface area contributed by atoms with Crippen LogP contribution in [-0.4, -0.2) is 18.5 Å². The number of anilines is 1. The van der Waals surface area contributed by atoms with Gasteiger partial charge in [-0.25, -0.2) is 4.79 Å². The van der Waals surface area contributed by atoms with Crippen molar-refractivity contribution < 1.29 is 19.1 Å². The van der Waals surface area contributed by atoms with Gasteiger partial charge in [-0.3, -0.25) is 4.79 Å². The van der Waals surface area contributed by atoms with Crippen LogP contribution >= 0.6 is 11.6 Å². The maximum atomic E-state index is 12.3. The fraction of sp³-hybridized carbons (Fsp3) is 0.200. The molecule has 5 nitrogen and oxygen atoms in total. The maximum Gasteiger partial charge on any atom is 0.349 e. The zero-order valence-corrected chi connectivity index (χ0v) is 18.4. The molecule has 1 amide bonds. The van der Waals surface area contributed by atoms with Gasteiger partial charge in [0.2, 0.25) is 0 Å². The standard InChI is InChI=1S/C25H24ClNO4/c1-16(2)23-13-12-22(14-17(23)3)30-15-24(28)31-21-10-4-18(5-11-21)25(29)27-20-8-6-19(26)7-9-20/h4-14,16H,15H2,1-3H3,(H,27,29). The number of esters is 1. The summed E-state index contributed by atoms with van der Waals surface area (Å²) in [6, 6.07) is 18.9. The highest BCUT2D eigenvalue weighted by Gasteiger charge is 2.10. The molecule has 0 saturated heterocycles. The lowest BCUT2D eigenvalue weighted by Crippen LogP contribution is -2.18. The van der Waals surface area contributed by atoms with Gasteiger partial charge < -0.3 is 14.8 Å². The number of ether oxygens (including phenoxy) is 2. The predicted molar refractivity (Wildman–Crippen MR) is 122 cm³/mol. The Labute approximate surface area is 187 Å². The number of halogens is 1. The van der Waals surface area contributed by atoms with E-state index < -0.39 is 5.97 Å². The second-order valence-electron chi connectivity index (χ2n) is 7.42. The van der Waals surface area contributed by atoms with E-state index in [2.05, 4.69) is 19.2 Å². The Morgan fingerprint density at radius 3 is 2.19 bits per heavy atom. The maximum absolute atomic E-state index is 12.3. The first-order valence-electron chi connectivity index (χ1n) is 9.93. The van der Waals surface area contributed by atoms with Crippen LogP contribution in [0.1, 0.15) is 41.3 Å². The van der Waals surface area contributed by atoms with Gasteiger partial charge >= 0.3 is 5.97 Å². The van der Waals surface area contributed by atoms with E-state index in [0.29, 0.717) is 33.7 Å². The number of aryl methyl sites for hydroxylation is 1. The molecule has 0 aliphatic rings. The third-order valence-electron chi connectivity index (χ3n) is 4.67. The van der Waals surface area contributed by atoms with Crippen LogP contribution in [0, 0.1) is 6.92 Å². The molecule has 0 aliphatic carbocycles. The number of nitrogens with one attached hydrogen (secondary N) is 1. The molecule has 6 heteroatoms. The zero-order valence-electron chi connectivity index (χ0n) is 17.6. The first-order chi connectivity index (χ1) is 14.8. The lowest BCUT2D eigenvalue weighted by atomic mass is 9.98. The summed E-state index contributed by atoms with van der Waals surface area (Å²) in [4.78, 5) is 24.4. The van der Waals surface area contributed by atoms with Gasteiger partial charge in [-0.1, -0.05) is 31.5 Å². The van der Waals surface area contributed by atoms with Gasteiger partial charge in [0.25, 0.3) is 5.91 Å². The van der Waals surface area contributed by atoms with Crippen molar-refractivity contribution in [1.82, 2.24) is 0 Å². The van der Waals surface area contributed by atoms with Crippen molar-refractivity contribution in [1.29, 1.82) is 0 Å². The molecule has 0 fully saturated rings. The minimum Gasteiger partial charge on any atom is -0.482 e. The minimum atomic E-state index is -0.524. The van der Waals surface area contributed by atoms with E-state index in [1.165, 1.54) is 5.56 Å². The fourth-order valence-corrected chi connectivity index (χ4v) is 3.23. The van der Waals surface area contributed by atoms with Crippen molar-refractivity contribution in [2.24, 2.45) is 0 Å². The molecule has 3 aromatic carbocycles. The number of rotatable bonds is 7. The van der Waals surface area contributed by atoms with Crippen molar-refractivity contribution in [3.8, 4) is 11.5 Å². The molecule has 0 heterocycles. The predicted octanol–water partition coefficient (Wildman–Crippen LogP) is 6.01. The van der Waals surface area contributed by atoms with E-state index in [9.17, 15) is 9.59 Å². The Morgan fingerprint density at radius 1 is 0.935 bits per heavy atom. The summed E-state index contributed by atoms with van der Waals surface area (Å²) in [7, 11) is 0. The molecule has 0 aliphatic heterocycles. The fourth-order valence-electron chi connectivity index (χ4n) is 3.10. The first-order valence-corrected chi connectivity index (χ1v) is 10.3. The molecule has 0 radical (unpaired) electrons. The van der Waals surface area contributed by atoms with Crippen molar-refractivity contribution in [3.05, 3.63) is 88.4 Å². The molecular weight excluding hydrogens is 414 g/mol. The number of carbonyl (C=O) groups excluding carboxylic acids is 2. The van der Waals surface area contributed by atoms with E-state index in [1.807, 2.05) is 25.1 Å². The second-order valence-corrected chi connectivity index (χ2v) is 7.86. The van der Waals surface area contributed by atoms with Crippen LogP contribution in [0.15, 0.2) is 66.7 Å². The highest BCUT2D eigenvalue weighted by atomic mass is 35.5. The van der Waals surface area contributed by atoms with E-state index in [1.54, 1.807) is 48.5 Å². The SMILES string of the molecule is Cc1cc(OCC(=O)Oc2ccc(C(=O)Nc3ccc(Cl)cc3)cc2)ccc1C(C)C. The van der Waals surface area contributed by atoms with Gasteiger partial charge in [0.1, 0.15) is 11.5 Å². The van der Waals surface area contributed by atoms with Crippen LogP contribution < -0.4 is 14.8 Å². The third-order valence-corrected chi connectivity index (χ3v) is 4.92. The van der Waals surface area contributed by atoms with Gasteiger partial charge in [-0.2, -0.15) is 0 Å². The van der Waals surface area contributed by atoms with Crippen LogP contribution in [0.3, 0.4) is 0 Å². The smallest absolute Gasteiger partial charge is 0.349 e.